The molecule has 2 aromatic rings. The SMILES string of the molecule is CCN(CC)S(=O)(=O)c1cc([N+](=O)[O-])ccc1NN=C(C)c1ccc(Cl)c(Cl)c1. The van der Waals surface area contributed by atoms with Gasteiger partial charge in [-0.15, -0.1) is 0 Å². The molecule has 0 aliphatic rings. The molecule has 0 amide bonds. The molecule has 0 aromatic heterocycles. The molecule has 156 valence electrons. The molecule has 2 aromatic carbocycles. The Bertz CT molecular complexity index is 1050. The molecular weight excluding hydrogens is 439 g/mol. The molecule has 11 heteroatoms. The van der Waals surface area contributed by atoms with Gasteiger partial charge < -0.3 is 0 Å². The van der Waals surface area contributed by atoms with Gasteiger partial charge >= 0.3 is 0 Å². The summed E-state index contributed by atoms with van der Waals surface area (Å²) in [6, 6.07) is 8.54. The van der Waals surface area contributed by atoms with Gasteiger partial charge in [0, 0.05) is 25.2 Å². The van der Waals surface area contributed by atoms with Crippen LogP contribution in [0.2, 0.25) is 10.0 Å². The van der Waals surface area contributed by atoms with Gasteiger partial charge in [-0.25, -0.2) is 8.42 Å². The summed E-state index contributed by atoms with van der Waals surface area (Å²) >= 11 is 11.9. The van der Waals surface area contributed by atoms with Gasteiger partial charge in [0.2, 0.25) is 10.0 Å². The lowest BCUT2D eigenvalue weighted by atomic mass is 10.1. The highest BCUT2D eigenvalue weighted by Gasteiger charge is 2.27. The van der Waals surface area contributed by atoms with Crippen molar-refractivity contribution < 1.29 is 13.3 Å². The fraction of sp³-hybridized carbons (Fsp3) is 0.278. The number of hydrogen-bond acceptors (Lipinski definition) is 6. The minimum absolute atomic E-state index is 0.127. The maximum absolute atomic E-state index is 13.0. The molecule has 2 rings (SSSR count). The van der Waals surface area contributed by atoms with Crippen LogP contribution in [0.3, 0.4) is 0 Å². The van der Waals surface area contributed by atoms with E-state index >= 15 is 0 Å². The summed E-state index contributed by atoms with van der Waals surface area (Å²) < 4.78 is 27.2. The Labute approximate surface area is 179 Å². The largest absolute Gasteiger partial charge is 0.277 e. The number of sulfonamides is 1. The number of nitrogens with one attached hydrogen (secondary N) is 1. The first kappa shape index (κ1) is 23.1. The molecule has 0 aliphatic carbocycles. The molecule has 0 radical (unpaired) electrons. The van der Waals surface area contributed by atoms with E-state index < -0.39 is 14.9 Å². The van der Waals surface area contributed by atoms with E-state index in [1.54, 1.807) is 39.0 Å². The van der Waals surface area contributed by atoms with Crippen molar-refractivity contribution >= 4 is 50.3 Å². The summed E-state index contributed by atoms with van der Waals surface area (Å²) in [5, 5.41) is 16.1. The van der Waals surface area contributed by atoms with E-state index in [0.29, 0.717) is 21.3 Å². The maximum Gasteiger partial charge on any atom is 0.270 e. The lowest BCUT2D eigenvalue weighted by molar-refractivity contribution is -0.385. The fourth-order valence-electron chi connectivity index (χ4n) is 2.56. The van der Waals surface area contributed by atoms with Crippen LogP contribution in [0.15, 0.2) is 46.4 Å². The topological polar surface area (TPSA) is 105 Å². The summed E-state index contributed by atoms with van der Waals surface area (Å²) in [6.45, 7) is 5.55. The van der Waals surface area contributed by atoms with Gasteiger partial charge in [0.1, 0.15) is 4.90 Å². The minimum atomic E-state index is -3.95. The Morgan fingerprint density at radius 3 is 2.34 bits per heavy atom. The monoisotopic (exact) mass is 458 g/mol. The molecule has 0 aliphatic heterocycles. The van der Waals surface area contributed by atoms with Crippen LogP contribution in [-0.2, 0) is 10.0 Å². The Kier molecular flexibility index (Phi) is 7.59. The number of hydrogen-bond donors (Lipinski definition) is 1. The zero-order valence-electron chi connectivity index (χ0n) is 16.0. The molecule has 0 heterocycles. The van der Waals surface area contributed by atoms with E-state index in [1.165, 1.54) is 16.4 Å². The predicted molar refractivity (Wildman–Crippen MR) is 115 cm³/mol. The highest BCUT2D eigenvalue weighted by molar-refractivity contribution is 7.89. The van der Waals surface area contributed by atoms with Gasteiger partial charge in [0.25, 0.3) is 5.69 Å². The minimum Gasteiger partial charge on any atom is -0.277 e. The van der Waals surface area contributed by atoms with Crippen molar-refractivity contribution in [1.29, 1.82) is 0 Å². The van der Waals surface area contributed by atoms with Crippen LogP contribution in [0.5, 0.6) is 0 Å². The van der Waals surface area contributed by atoms with E-state index in [1.807, 2.05) is 0 Å². The number of non-ortho nitro benzene ring substituents is 1. The van der Waals surface area contributed by atoms with E-state index in [-0.39, 0.29) is 29.4 Å². The second kappa shape index (κ2) is 9.53. The molecule has 0 unspecified atom stereocenters. The molecule has 0 saturated carbocycles. The average molecular weight is 459 g/mol. The number of nitro benzene ring substituents is 1. The highest BCUT2D eigenvalue weighted by atomic mass is 35.5. The number of anilines is 1. The van der Waals surface area contributed by atoms with Crippen molar-refractivity contribution in [3.8, 4) is 0 Å². The van der Waals surface area contributed by atoms with Crippen molar-refractivity contribution in [2.24, 2.45) is 5.10 Å². The van der Waals surface area contributed by atoms with Gasteiger partial charge in [-0.3, -0.25) is 15.5 Å². The lowest BCUT2D eigenvalue weighted by Gasteiger charge is -2.20. The molecule has 0 fully saturated rings. The number of nitro groups is 1. The average Bonchev–Trinajstić information content (AvgIpc) is 2.68. The number of benzene rings is 2. The summed E-state index contributed by atoms with van der Waals surface area (Å²) in [5.74, 6) is 0. The third-order valence-electron chi connectivity index (χ3n) is 4.18. The van der Waals surface area contributed by atoms with Crippen molar-refractivity contribution in [2.45, 2.75) is 25.7 Å². The van der Waals surface area contributed by atoms with Crippen molar-refractivity contribution in [1.82, 2.24) is 4.31 Å². The zero-order valence-corrected chi connectivity index (χ0v) is 18.3. The van der Waals surface area contributed by atoms with Gasteiger partial charge in [0.15, 0.2) is 0 Å². The van der Waals surface area contributed by atoms with Gasteiger partial charge in [0.05, 0.1) is 26.4 Å². The first-order valence-corrected chi connectivity index (χ1v) is 10.9. The van der Waals surface area contributed by atoms with Crippen molar-refractivity contribution in [3.63, 3.8) is 0 Å². The molecular formula is C18H20Cl2N4O4S. The van der Waals surface area contributed by atoms with Gasteiger partial charge in [-0.2, -0.15) is 9.41 Å². The van der Waals surface area contributed by atoms with Crippen LogP contribution >= 0.6 is 23.2 Å². The second-order valence-electron chi connectivity index (χ2n) is 5.96. The maximum atomic E-state index is 13.0. The normalized spacial score (nSPS) is 12.3. The van der Waals surface area contributed by atoms with E-state index in [9.17, 15) is 18.5 Å². The molecule has 0 atom stereocenters. The third kappa shape index (κ3) is 5.24. The summed E-state index contributed by atoms with van der Waals surface area (Å²) in [6.07, 6.45) is 0. The Morgan fingerprint density at radius 1 is 1.14 bits per heavy atom. The van der Waals surface area contributed by atoms with Crippen LogP contribution in [-0.4, -0.2) is 36.4 Å². The van der Waals surface area contributed by atoms with E-state index in [2.05, 4.69) is 10.5 Å². The zero-order chi connectivity index (χ0) is 21.8. The Balaban J connectivity index is 2.49. The second-order valence-corrected chi connectivity index (χ2v) is 8.69. The Hall–Kier alpha value is -2.20. The fourth-order valence-corrected chi connectivity index (χ4v) is 4.48. The first-order valence-electron chi connectivity index (χ1n) is 8.66. The standard InChI is InChI=1S/C18H20Cl2N4O4S/c1-4-23(5-2)29(27,28)18-11-14(24(25)26)7-9-17(18)22-21-12(3)13-6-8-15(19)16(20)10-13/h6-11,22H,4-5H2,1-3H3. The number of rotatable bonds is 8. The molecule has 0 bridgehead atoms. The summed E-state index contributed by atoms with van der Waals surface area (Å²) in [7, 11) is -3.95. The molecule has 29 heavy (non-hydrogen) atoms. The van der Waals surface area contributed by atoms with Crippen LogP contribution in [0, 0.1) is 10.1 Å². The number of halogens is 2. The van der Waals surface area contributed by atoms with Crippen molar-refractivity contribution in [3.05, 3.63) is 62.1 Å². The summed E-state index contributed by atoms with van der Waals surface area (Å²) in [5.41, 5.74) is 3.71. The quantitative estimate of drug-likeness (QED) is 0.348. The highest BCUT2D eigenvalue weighted by Crippen LogP contribution is 2.29. The van der Waals surface area contributed by atoms with Crippen molar-refractivity contribution in [2.75, 3.05) is 18.5 Å². The molecule has 0 spiro atoms. The lowest BCUT2D eigenvalue weighted by Crippen LogP contribution is -2.31. The number of nitrogens with zero attached hydrogens (tertiary/aromatic N) is 3. The van der Waals surface area contributed by atoms with Gasteiger partial charge in [-0.1, -0.05) is 43.1 Å². The molecule has 0 saturated heterocycles. The predicted octanol–water partition coefficient (Wildman–Crippen LogP) is 4.77. The summed E-state index contributed by atoms with van der Waals surface area (Å²) in [4.78, 5) is 10.3. The molecule has 8 nitrogen and oxygen atoms in total. The van der Waals surface area contributed by atoms with Gasteiger partial charge in [-0.05, 0) is 30.7 Å². The van der Waals surface area contributed by atoms with Crippen LogP contribution in [0.4, 0.5) is 11.4 Å². The van der Waals surface area contributed by atoms with E-state index in [4.69, 9.17) is 23.2 Å². The third-order valence-corrected chi connectivity index (χ3v) is 7.01. The van der Waals surface area contributed by atoms with Crippen LogP contribution < -0.4 is 5.43 Å². The van der Waals surface area contributed by atoms with Crippen LogP contribution in [0.25, 0.3) is 0 Å². The first-order chi connectivity index (χ1) is 13.6. The smallest absolute Gasteiger partial charge is 0.270 e. The van der Waals surface area contributed by atoms with Crippen LogP contribution in [0.1, 0.15) is 26.3 Å². The number of hydrazone groups is 1. The van der Waals surface area contributed by atoms with E-state index in [0.717, 1.165) is 6.07 Å². The Morgan fingerprint density at radius 2 is 1.79 bits per heavy atom. The molecule has 1 N–H and O–H groups in total.